The molecule has 5 heteroatoms. The Hall–Kier alpha value is -1.88. The molecule has 0 aliphatic rings. The van der Waals surface area contributed by atoms with E-state index in [1.807, 2.05) is 30.3 Å². The number of aliphatic hydroxyl groups excluding tert-OH is 1. The van der Waals surface area contributed by atoms with Gasteiger partial charge in [-0.15, -0.1) is 0 Å². The van der Waals surface area contributed by atoms with Gasteiger partial charge in [0.05, 0.1) is 13.0 Å². The summed E-state index contributed by atoms with van der Waals surface area (Å²) in [4.78, 5) is 24.3. The summed E-state index contributed by atoms with van der Waals surface area (Å²) in [5.41, 5.74) is 0.878. The van der Waals surface area contributed by atoms with E-state index in [2.05, 4.69) is 17.6 Å². The van der Waals surface area contributed by atoms with Crippen LogP contribution in [-0.4, -0.2) is 36.1 Å². The predicted molar refractivity (Wildman–Crippen MR) is 123 cm³/mol. The lowest BCUT2D eigenvalue weighted by Gasteiger charge is -2.16. The number of hydrogen-bond acceptors (Lipinski definition) is 3. The molecule has 170 valence electrons. The van der Waals surface area contributed by atoms with Crippen molar-refractivity contribution in [3.63, 3.8) is 0 Å². The summed E-state index contributed by atoms with van der Waals surface area (Å²) in [6.07, 6.45) is 15.5. The number of amides is 2. The van der Waals surface area contributed by atoms with Gasteiger partial charge in [0, 0.05) is 6.54 Å². The van der Waals surface area contributed by atoms with Crippen molar-refractivity contribution in [2.45, 2.75) is 96.4 Å². The van der Waals surface area contributed by atoms with Crippen LogP contribution in [-0.2, 0) is 16.0 Å². The summed E-state index contributed by atoms with van der Waals surface area (Å²) in [5, 5.41) is 14.9. The number of nitrogens with one attached hydrogen (secondary N) is 2. The smallest absolute Gasteiger partial charge is 0.244 e. The summed E-state index contributed by atoms with van der Waals surface area (Å²) in [7, 11) is 0. The fourth-order valence-electron chi connectivity index (χ4n) is 3.52. The maximum Gasteiger partial charge on any atom is 0.244 e. The minimum Gasteiger partial charge on any atom is -0.394 e. The van der Waals surface area contributed by atoms with Crippen LogP contribution in [0.3, 0.4) is 0 Å². The van der Waals surface area contributed by atoms with Crippen molar-refractivity contribution < 1.29 is 14.7 Å². The fourth-order valence-corrected chi connectivity index (χ4v) is 3.52. The number of carbonyl (C=O) groups is 2. The van der Waals surface area contributed by atoms with Gasteiger partial charge in [-0.3, -0.25) is 9.59 Å². The maximum atomic E-state index is 12.2. The number of benzene rings is 1. The lowest BCUT2D eigenvalue weighted by atomic mass is 10.1. The van der Waals surface area contributed by atoms with E-state index in [0.717, 1.165) is 18.4 Å². The highest BCUT2D eigenvalue weighted by Gasteiger charge is 2.19. The Balaban J connectivity index is 2.02. The minimum absolute atomic E-state index is 0.198. The summed E-state index contributed by atoms with van der Waals surface area (Å²) in [6.45, 7) is 2.44. The highest BCUT2D eigenvalue weighted by Crippen LogP contribution is 2.11. The van der Waals surface area contributed by atoms with E-state index in [-0.39, 0.29) is 18.2 Å². The first kappa shape index (κ1) is 26.2. The van der Waals surface area contributed by atoms with E-state index >= 15 is 0 Å². The van der Waals surface area contributed by atoms with E-state index in [4.69, 9.17) is 0 Å². The van der Waals surface area contributed by atoms with Gasteiger partial charge in [-0.2, -0.15) is 0 Å². The third-order valence-corrected chi connectivity index (χ3v) is 5.37. The SMILES string of the molecule is CCCCCCCCCCCCCCNC(=O)[C@H](CO)NC(=O)Cc1ccccc1. The third kappa shape index (κ3) is 13.4. The molecule has 0 saturated carbocycles. The zero-order chi connectivity index (χ0) is 21.9. The highest BCUT2D eigenvalue weighted by molar-refractivity contribution is 5.88. The van der Waals surface area contributed by atoms with Crippen LogP contribution >= 0.6 is 0 Å². The standard InChI is InChI=1S/C25H42N2O3/c1-2-3-4-5-6-7-8-9-10-11-12-16-19-26-25(30)23(21-28)27-24(29)20-22-17-14-13-15-18-22/h13-15,17-18,23,28H,2-12,16,19-21H2,1H3,(H,26,30)(H,27,29)/t23-/m0/s1. The van der Waals surface area contributed by atoms with Gasteiger partial charge in [-0.1, -0.05) is 108 Å². The molecule has 0 bridgehead atoms. The molecule has 0 unspecified atom stereocenters. The largest absolute Gasteiger partial charge is 0.394 e. The summed E-state index contributed by atoms with van der Waals surface area (Å²) >= 11 is 0. The van der Waals surface area contributed by atoms with Gasteiger partial charge in [0.15, 0.2) is 0 Å². The van der Waals surface area contributed by atoms with Crippen LogP contribution in [0.1, 0.15) is 89.5 Å². The molecule has 0 spiro atoms. The summed E-state index contributed by atoms with van der Waals surface area (Å²) < 4.78 is 0. The number of aliphatic hydroxyl groups is 1. The van der Waals surface area contributed by atoms with Crippen molar-refractivity contribution >= 4 is 11.8 Å². The molecular formula is C25H42N2O3. The molecule has 5 nitrogen and oxygen atoms in total. The Morgan fingerprint density at radius 1 is 0.833 bits per heavy atom. The average Bonchev–Trinajstić information content (AvgIpc) is 2.75. The lowest BCUT2D eigenvalue weighted by Crippen LogP contribution is -2.49. The van der Waals surface area contributed by atoms with Crippen molar-refractivity contribution in [1.82, 2.24) is 10.6 Å². The van der Waals surface area contributed by atoms with E-state index in [1.54, 1.807) is 0 Å². The zero-order valence-corrected chi connectivity index (χ0v) is 18.8. The molecular weight excluding hydrogens is 376 g/mol. The number of unbranched alkanes of at least 4 members (excludes halogenated alkanes) is 11. The molecule has 1 aromatic carbocycles. The Kier molecular flexibility index (Phi) is 15.6. The molecule has 30 heavy (non-hydrogen) atoms. The van der Waals surface area contributed by atoms with Gasteiger partial charge in [0.2, 0.25) is 11.8 Å². The van der Waals surface area contributed by atoms with Gasteiger partial charge in [-0.05, 0) is 12.0 Å². The van der Waals surface area contributed by atoms with Gasteiger partial charge < -0.3 is 15.7 Å². The normalized spacial score (nSPS) is 11.8. The molecule has 0 fully saturated rings. The zero-order valence-electron chi connectivity index (χ0n) is 18.8. The second-order valence-electron chi connectivity index (χ2n) is 8.15. The molecule has 0 heterocycles. The van der Waals surface area contributed by atoms with Crippen molar-refractivity contribution in [3.05, 3.63) is 35.9 Å². The topological polar surface area (TPSA) is 78.4 Å². The molecule has 0 aliphatic carbocycles. The minimum atomic E-state index is -0.890. The van der Waals surface area contributed by atoms with Crippen LogP contribution in [0, 0.1) is 0 Å². The fraction of sp³-hybridized carbons (Fsp3) is 0.680. The van der Waals surface area contributed by atoms with Crippen molar-refractivity contribution in [2.75, 3.05) is 13.2 Å². The number of hydrogen-bond donors (Lipinski definition) is 3. The van der Waals surface area contributed by atoms with E-state index in [0.29, 0.717) is 6.54 Å². The van der Waals surface area contributed by atoms with Gasteiger partial charge in [0.1, 0.15) is 6.04 Å². The molecule has 1 atom stereocenters. The van der Waals surface area contributed by atoms with Crippen LogP contribution in [0.2, 0.25) is 0 Å². The van der Waals surface area contributed by atoms with Gasteiger partial charge >= 0.3 is 0 Å². The first-order valence-electron chi connectivity index (χ1n) is 11.9. The molecule has 0 radical (unpaired) electrons. The van der Waals surface area contributed by atoms with Crippen LogP contribution in [0.15, 0.2) is 30.3 Å². The average molecular weight is 419 g/mol. The van der Waals surface area contributed by atoms with Crippen LogP contribution < -0.4 is 10.6 Å². The Morgan fingerprint density at radius 3 is 1.90 bits per heavy atom. The molecule has 0 aliphatic heterocycles. The number of carbonyl (C=O) groups excluding carboxylic acids is 2. The Labute approximate surface area is 183 Å². The maximum absolute atomic E-state index is 12.2. The predicted octanol–water partition coefficient (Wildman–Crippen LogP) is 4.52. The molecule has 0 aromatic heterocycles. The Morgan fingerprint density at radius 2 is 1.37 bits per heavy atom. The van der Waals surface area contributed by atoms with Crippen LogP contribution in [0.5, 0.6) is 0 Å². The molecule has 2 amide bonds. The van der Waals surface area contributed by atoms with E-state index in [9.17, 15) is 14.7 Å². The first-order chi connectivity index (χ1) is 14.7. The van der Waals surface area contributed by atoms with Crippen molar-refractivity contribution in [2.24, 2.45) is 0 Å². The number of rotatable bonds is 18. The van der Waals surface area contributed by atoms with E-state index in [1.165, 1.54) is 64.2 Å². The second kappa shape index (κ2) is 17.9. The van der Waals surface area contributed by atoms with Gasteiger partial charge in [0.25, 0.3) is 0 Å². The first-order valence-corrected chi connectivity index (χ1v) is 11.9. The van der Waals surface area contributed by atoms with Crippen molar-refractivity contribution in [3.8, 4) is 0 Å². The Bertz CT molecular complexity index is 563. The molecule has 1 aromatic rings. The second-order valence-corrected chi connectivity index (χ2v) is 8.15. The monoisotopic (exact) mass is 418 g/mol. The van der Waals surface area contributed by atoms with Crippen LogP contribution in [0.4, 0.5) is 0 Å². The van der Waals surface area contributed by atoms with Gasteiger partial charge in [-0.25, -0.2) is 0 Å². The summed E-state index contributed by atoms with van der Waals surface area (Å²) in [6, 6.07) is 8.46. The quantitative estimate of drug-likeness (QED) is 0.307. The van der Waals surface area contributed by atoms with Crippen molar-refractivity contribution in [1.29, 1.82) is 0 Å². The molecule has 1 rings (SSSR count). The molecule has 0 saturated heterocycles. The summed E-state index contributed by atoms with van der Waals surface area (Å²) in [5.74, 6) is -0.581. The third-order valence-electron chi connectivity index (χ3n) is 5.37. The lowest BCUT2D eigenvalue weighted by molar-refractivity contribution is -0.129. The highest BCUT2D eigenvalue weighted by atomic mass is 16.3. The molecule has 3 N–H and O–H groups in total. The van der Waals surface area contributed by atoms with Crippen LogP contribution in [0.25, 0.3) is 0 Å². The van der Waals surface area contributed by atoms with E-state index < -0.39 is 12.6 Å².